The highest BCUT2D eigenvalue weighted by Gasteiger charge is 2.50. The van der Waals surface area contributed by atoms with Crippen molar-refractivity contribution in [2.24, 2.45) is 5.41 Å². The van der Waals surface area contributed by atoms with Crippen LogP contribution in [0.5, 0.6) is 5.75 Å². The number of fused-ring (bicyclic) bond motifs is 1. The third-order valence-corrected chi connectivity index (χ3v) is 11.8. The summed E-state index contributed by atoms with van der Waals surface area (Å²) < 4.78 is 67.1. The van der Waals surface area contributed by atoms with E-state index in [9.17, 15) is 63.0 Å². The largest absolute Gasteiger partial charge is 0.508 e. The maximum Gasteiger partial charge on any atom is 0.481 e. The molecule has 2 amide bonds. The van der Waals surface area contributed by atoms with Crippen LogP contribution < -0.4 is 16.4 Å². The number of aliphatic hydroxyl groups excluding tert-OH is 2. The number of rotatable bonds is 22. The molecule has 332 valence electrons. The molecule has 4 rings (SSSR count). The van der Waals surface area contributed by atoms with Crippen LogP contribution in [0.1, 0.15) is 32.1 Å². The predicted molar refractivity (Wildman–Crippen MR) is 205 cm³/mol. The second-order valence-electron chi connectivity index (χ2n) is 13.2. The number of amides is 2. The van der Waals surface area contributed by atoms with E-state index in [1.165, 1.54) is 38.1 Å². The van der Waals surface area contributed by atoms with E-state index in [1.54, 1.807) is 12.1 Å². The number of ether oxygens (including phenoxy) is 1. The molecule has 3 heterocycles. The van der Waals surface area contributed by atoms with E-state index in [4.69, 9.17) is 23.7 Å². The van der Waals surface area contributed by atoms with Crippen molar-refractivity contribution in [3.63, 3.8) is 0 Å². The Morgan fingerprint density at radius 2 is 1.72 bits per heavy atom. The molecule has 11 N–H and O–H groups in total. The van der Waals surface area contributed by atoms with Crippen molar-refractivity contribution in [3.05, 3.63) is 48.6 Å². The molecule has 3 aromatic rings. The number of benzene rings is 1. The SMILES string of the molecule is CC(C)(COP(=O)(O)OP(=O)(O)OC[C@H]1O[C@@H](n2cnc3c(N)ncnc32)[C@H](O)[C@@H]1OP(=O)(O)O)C(O)C(=O)NCCC(=O)NCCSOC(=O)/C=C/c1ccc(O)cc1. The third-order valence-electron chi connectivity index (χ3n) is 8.03. The maximum atomic E-state index is 12.7. The Morgan fingerprint density at radius 3 is 2.40 bits per heavy atom. The van der Waals surface area contributed by atoms with Crippen molar-refractivity contribution in [2.45, 2.75) is 50.9 Å². The lowest BCUT2D eigenvalue weighted by Gasteiger charge is -2.30. The van der Waals surface area contributed by atoms with Gasteiger partial charge in [0.05, 0.1) is 31.6 Å². The van der Waals surface area contributed by atoms with Crippen LogP contribution in [0.3, 0.4) is 0 Å². The average molecular weight is 930 g/mol. The molecule has 26 nitrogen and oxygen atoms in total. The minimum atomic E-state index is -5.59. The van der Waals surface area contributed by atoms with Crippen LogP contribution in [0.15, 0.2) is 43.0 Å². The summed E-state index contributed by atoms with van der Waals surface area (Å²) in [7, 11) is -16.4. The zero-order chi connectivity index (χ0) is 44.5. The summed E-state index contributed by atoms with van der Waals surface area (Å²) in [5.41, 5.74) is 4.88. The minimum absolute atomic E-state index is 0.0223. The number of aromatic nitrogens is 4. The van der Waals surface area contributed by atoms with E-state index in [1.807, 2.05) is 0 Å². The number of phenolic OH excluding ortho intramolecular Hbond substituents is 1. The van der Waals surface area contributed by atoms with Gasteiger partial charge in [0.15, 0.2) is 17.7 Å². The number of phenols is 1. The lowest BCUT2D eigenvalue weighted by Crippen LogP contribution is -2.46. The fraction of sp³-hybridized carbons (Fsp3) is 0.467. The van der Waals surface area contributed by atoms with Crippen LogP contribution >= 0.6 is 35.5 Å². The summed E-state index contributed by atoms with van der Waals surface area (Å²) in [6, 6.07) is 6.11. The number of aromatic hydroxyl groups is 1. The van der Waals surface area contributed by atoms with E-state index < -0.39 is 90.5 Å². The van der Waals surface area contributed by atoms with Gasteiger partial charge in [-0.2, -0.15) is 4.31 Å². The second-order valence-corrected chi connectivity index (χ2v) is 18.3. The minimum Gasteiger partial charge on any atom is -0.508 e. The molecule has 1 aliphatic rings. The maximum absolute atomic E-state index is 12.7. The molecule has 0 spiro atoms. The number of imidazole rings is 1. The van der Waals surface area contributed by atoms with Gasteiger partial charge in [-0.1, -0.05) is 26.0 Å². The number of nitrogens with one attached hydrogen (secondary N) is 2. The van der Waals surface area contributed by atoms with Crippen molar-refractivity contribution in [2.75, 3.05) is 37.8 Å². The highest BCUT2D eigenvalue weighted by atomic mass is 32.2. The summed E-state index contributed by atoms with van der Waals surface area (Å²) in [4.78, 5) is 87.5. The molecule has 2 aromatic heterocycles. The van der Waals surface area contributed by atoms with Crippen molar-refractivity contribution in [1.29, 1.82) is 0 Å². The molecule has 60 heavy (non-hydrogen) atoms. The Labute approximate surface area is 344 Å². The standard InChI is InChI=1S/C30H42N7O19P3S/c1-30(2,25(42)28(43)33-10-9-20(39)32-11-12-60-55-21(40)8-5-17-3-6-18(38)7-4-17)14-52-59(49,50)56-58(47,48)51-13-19-24(54-57(44,45)46)23(41)29(53-19)37-16-36-22-26(31)34-15-35-27(22)37/h3-8,15-16,19,23-25,29,38,41-42H,9-14H2,1-2H3,(H,32,39)(H,33,43)(H,47,48)(H,49,50)(H2,31,34,35)(H2,44,45,46)/b8-5+/t19-,23-,24-,25?,29-/m1/s1. The fourth-order valence-electron chi connectivity index (χ4n) is 5.05. The Hall–Kier alpha value is -3.88. The van der Waals surface area contributed by atoms with Crippen LogP contribution in [0, 0.1) is 5.41 Å². The highest BCUT2D eigenvalue weighted by Crippen LogP contribution is 2.61. The van der Waals surface area contributed by atoms with Gasteiger partial charge < -0.3 is 60.2 Å². The number of carbonyl (C=O) groups is 3. The van der Waals surface area contributed by atoms with Gasteiger partial charge in [0, 0.05) is 36.8 Å². The van der Waals surface area contributed by atoms with Gasteiger partial charge in [-0.3, -0.25) is 27.7 Å². The molecule has 0 saturated carbocycles. The lowest BCUT2D eigenvalue weighted by molar-refractivity contribution is -0.137. The summed E-state index contributed by atoms with van der Waals surface area (Å²) in [6.45, 7) is 0.283. The Kier molecular flexibility index (Phi) is 16.9. The fourth-order valence-corrected chi connectivity index (χ4v) is 8.32. The van der Waals surface area contributed by atoms with E-state index >= 15 is 0 Å². The van der Waals surface area contributed by atoms with Crippen molar-refractivity contribution in [1.82, 2.24) is 30.2 Å². The van der Waals surface area contributed by atoms with E-state index in [0.29, 0.717) is 5.56 Å². The molecule has 1 aromatic carbocycles. The normalized spacial score (nSPS) is 21.0. The molecule has 1 saturated heterocycles. The Bertz CT molecular complexity index is 2160. The number of aliphatic hydroxyl groups is 2. The summed E-state index contributed by atoms with van der Waals surface area (Å²) in [5, 5.41) is 35.6. The van der Waals surface area contributed by atoms with Gasteiger partial charge in [0.25, 0.3) is 0 Å². The van der Waals surface area contributed by atoms with Gasteiger partial charge in [-0.05, 0) is 23.8 Å². The number of hydrogen-bond acceptors (Lipinski definition) is 20. The van der Waals surface area contributed by atoms with Crippen molar-refractivity contribution in [3.8, 4) is 5.75 Å². The van der Waals surface area contributed by atoms with Gasteiger partial charge in [0.2, 0.25) is 11.8 Å². The van der Waals surface area contributed by atoms with Gasteiger partial charge in [0.1, 0.15) is 42.0 Å². The molecule has 1 aliphatic heterocycles. The smallest absolute Gasteiger partial charge is 0.481 e. The summed E-state index contributed by atoms with van der Waals surface area (Å²) in [6.07, 6.45) is -4.37. The average Bonchev–Trinajstić information content (AvgIpc) is 3.72. The number of carbonyl (C=O) groups excluding carboxylic acids is 3. The first-order valence-corrected chi connectivity index (χ1v) is 22.6. The number of nitrogens with zero attached hydrogens (tertiary/aromatic N) is 4. The Balaban J connectivity index is 1.19. The Morgan fingerprint density at radius 1 is 1.03 bits per heavy atom. The lowest BCUT2D eigenvalue weighted by atomic mass is 9.87. The first-order chi connectivity index (χ1) is 28.0. The number of phosphoric ester groups is 3. The second kappa shape index (κ2) is 20.8. The van der Waals surface area contributed by atoms with Crippen LogP contribution in [-0.4, -0.2) is 129 Å². The molecular formula is C30H42N7O19P3S. The summed E-state index contributed by atoms with van der Waals surface area (Å²) >= 11 is 0.791. The van der Waals surface area contributed by atoms with E-state index in [0.717, 1.165) is 29.3 Å². The number of hydrogen-bond donors (Lipinski definition) is 10. The first kappa shape index (κ1) is 48.8. The van der Waals surface area contributed by atoms with E-state index in [-0.39, 0.29) is 48.0 Å². The van der Waals surface area contributed by atoms with Crippen LogP contribution in [-0.2, 0) is 54.9 Å². The summed E-state index contributed by atoms with van der Waals surface area (Å²) in [5.74, 6) is -1.92. The predicted octanol–water partition coefficient (Wildman–Crippen LogP) is 0.0153. The van der Waals surface area contributed by atoms with Crippen LogP contribution in [0.25, 0.3) is 17.2 Å². The van der Waals surface area contributed by atoms with E-state index in [2.05, 4.69) is 34.4 Å². The third kappa shape index (κ3) is 14.6. The number of phosphoric acid groups is 3. The monoisotopic (exact) mass is 929 g/mol. The van der Waals surface area contributed by atoms with Gasteiger partial charge in [-0.15, -0.1) is 0 Å². The zero-order valence-electron chi connectivity index (χ0n) is 31.4. The zero-order valence-corrected chi connectivity index (χ0v) is 34.9. The number of anilines is 1. The van der Waals surface area contributed by atoms with Gasteiger partial charge in [-0.25, -0.2) is 33.4 Å². The van der Waals surface area contributed by atoms with Crippen LogP contribution in [0.2, 0.25) is 0 Å². The molecule has 1 fully saturated rings. The molecule has 30 heteroatoms. The van der Waals surface area contributed by atoms with Crippen LogP contribution in [0.4, 0.5) is 5.82 Å². The van der Waals surface area contributed by atoms with Gasteiger partial charge >= 0.3 is 29.4 Å². The number of nitrogen functional groups attached to an aromatic ring is 1. The molecule has 3 unspecified atom stereocenters. The molecule has 0 bridgehead atoms. The quantitative estimate of drug-likeness (QED) is 0.0275. The molecule has 0 radical (unpaired) electrons. The molecule has 7 atom stereocenters. The topological polar surface area (TPSA) is 393 Å². The van der Waals surface area contributed by atoms with Crippen molar-refractivity contribution >= 4 is 76.4 Å². The first-order valence-electron chi connectivity index (χ1n) is 17.2. The molecular weight excluding hydrogens is 887 g/mol. The van der Waals surface area contributed by atoms with Crippen molar-refractivity contribution < 1.29 is 89.8 Å². The number of nitrogens with two attached hydrogens (primary N) is 1. The highest BCUT2D eigenvalue weighted by molar-refractivity contribution is 7.95. The molecule has 0 aliphatic carbocycles.